The Morgan fingerprint density at radius 1 is 0.583 bits per heavy atom. The van der Waals surface area contributed by atoms with Gasteiger partial charge in [0.05, 0.1) is 41.5 Å². The van der Waals surface area contributed by atoms with Crippen LogP contribution in [0, 0.1) is 18.5 Å². The second-order valence-electron chi connectivity index (χ2n) is 17.2. The van der Waals surface area contributed by atoms with Gasteiger partial charge in [0, 0.05) is 62.1 Å². The average molecular weight is 1120 g/mol. The minimum Gasteiger partial charge on any atom is -0.510 e. The molecule has 9 aromatic carbocycles. The topological polar surface area (TPSA) is 40.8 Å². The summed E-state index contributed by atoms with van der Waals surface area (Å²) in [5.41, 5.74) is 7.30. The summed E-state index contributed by atoms with van der Waals surface area (Å²) in [6, 6.07) is 50.2. The van der Waals surface area contributed by atoms with Crippen molar-refractivity contribution in [2.75, 3.05) is 0 Å². The van der Waals surface area contributed by atoms with Crippen molar-refractivity contribution in [1.29, 1.82) is 0 Å². The van der Waals surface area contributed by atoms with E-state index in [1.165, 1.54) is 0 Å². The molecule has 4 heterocycles. The van der Waals surface area contributed by atoms with Crippen LogP contribution in [0.5, 0.6) is 11.5 Å². The Kier molecular flexibility index (Phi) is 8.89. The molecule has 0 N–H and O–H groups in total. The van der Waals surface area contributed by atoms with E-state index >= 15 is 0 Å². The number of benzene rings is 9. The molecule has 0 radical (unpaired) electrons. The third-order valence-corrected chi connectivity index (χ3v) is 13.3. The molecule has 13 aromatic rings. The number of hydrogen-bond donors (Lipinski definition) is 0. The molecule has 6 nitrogen and oxygen atoms in total. The first kappa shape index (κ1) is 34.1. The largest absolute Gasteiger partial charge is 0.510 e. The van der Waals surface area contributed by atoms with Crippen LogP contribution in [0.4, 0.5) is 0 Å². The molecule has 0 amide bonds. The van der Waals surface area contributed by atoms with Crippen LogP contribution in [-0.4, -0.2) is 18.7 Å². The van der Waals surface area contributed by atoms with Gasteiger partial charge in [0.1, 0.15) is 5.82 Å². The van der Waals surface area contributed by atoms with Crippen LogP contribution in [-0.2, 0) is 21.1 Å². The Morgan fingerprint density at radius 3 is 1.90 bits per heavy atom. The maximum absolute atomic E-state index is 9.40. The fourth-order valence-electron chi connectivity index (χ4n) is 10.1. The summed E-state index contributed by atoms with van der Waals surface area (Å²) in [6.07, 6.45) is 6.43. The fourth-order valence-corrected chi connectivity index (χ4v) is 10.1. The van der Waals surface area contributed by atoms with Crippen molar-refractivity contribution >= 4 is 54.6 Å². The Morgan fingerprint density at radius 2 is 1.21 bits per heavy atom. The van der Waals surface area contributed by atoms with Crippen LogP contribution in [0.25, 0.3) is 99.8 Å². The van der Waals surface area contributed by atoms with Gasteiger partial charge in [0.15, 0.2) is 0 Å². The number of hydrogen-bond acceptors (Lipinski definition) is 2. The number of imidazole rings is 1. The van der Waals surface area contributed by atoms with E-state index in [4.69, 9.17) is 23.4 Å². The normalized spacial score (nSPS) is 13.9. The third kappa shape index (κ3) is 7.62. The van der Waals surface area contributed by atoms with Crippen LogP contribution in [0.2, 0.25) is 0 Å². The van der Waals surface area contributed by atoms with E-state index < -0.39 is 66.3 Å². The molecule has 0 fully saturated rings. The number of para-hydroxylation sites is 5. The van der Waals surface area contributed by atoms with Crippen LogP contribution < -0.4 is 9.30 Å². The summed E-state index contributed by atoms with van der Waals surface area (Å²) in [6.45, 7) is 4.06. The van der Waals surface area contributed by atoms with E-state index in [0.717, 1.165) is 49.3 Å². The zero-order valence-electron chi connectivity index (χ0n) is 49.9. The molecule has 0 aliphatic heterocycles. The number of rotatable bonds is 11. The fraction of sp³-hybridized carbons (Fsp3) is 0.0769. The monoisotopic (exact) mass is 1120 g/mol. The summed E-state index contributed by atoms with van der Waals surface area (Å²) in [5, 5.41) is 4.18. The maximum atomic E-state index is 9.40. The Hall–Kier alpha value is -8.31. The summed E-state index contributed by atoms with van der Waals surface area (Å²) < 4.78 is 111. The molecule has 0 atom stereocenters. The number of aromatic nitrogens is 5. The SMILES string of the molecule is [2H]c1c([2H])c([2H])c(-c2cccc(-c3c([2H])c([2H])c([2H])c([2H])c3[2H])c2-[n+]2[c-]n(-c3[c-]c(Oc4[c-]c5c(cc4)c4cc(-n6c7ccccc7c7ccccc76)ccc4n5-c4cc(C([2H])(CC)CC)ccn4)ccc3)c3ccccc32)c([2H])c1[2H].[Pt]. The van der Waals surface area contributed by atoms with Crippen molar-refractivity contribution in [1.82, 2.24) is 18.7 Å². The van der Waals surface area contributed by atoms with Gasteiger partial charge in [-0.25, -0.2) is 4.98 Å². The van der Waals surface area contributed by atoms with Crippen molar-refractivity contribution < 1.29 is 45.4 Å². The standard InChI is InChI=1S/C65H47N5O.Pt/c1-3-44(4-2)47-37-38-66-64(39-47)70-60-36-33-49(69-58-29-13-11-25-54(58)55-26-12-14-30-59(55)69)41-57(60)56-35-34-51(42-63(56)70)71-50-24-17-23-48(40-50)67-43-68(62-32-16-15-31-61(62)67)65-52(45-19-7-5-8-20-45)27-18-28-53(65)46-21-9-6-10-22-46;/h5-39,41,44H,3-4H2,1-2H3;/q-2;/i5D,6D,7D,8D,9D,10D,19D,20D,21D,22D,44D;. The van der Waals surface area contributed by atoms with Gasteiger partial charge in [-0.1, -0.05) is 159 Å². The van der Waals surface area contributed by atoms with Crippen molar-refractivity contribution in [3.05, 3.63) is 242 Å². The first-order chi connectivity index (χ1) is 39.6. The minimum atomic E-state index is -0.818. The molecule has 0 aliphatic carbocycles. The van der Waals surface area contributed by atoms with Gasteiger partial charge in [0.2, 0.25) is 0 Å². The molecule has 350 valence electrons. The first-order valence-corrected chi connectivity index (χ1v) is 23.5. The summed E-state index contributed by atoms with van der Waals surface area (Å²) in [5.74, 6) is 0.523. The molecular weight excluding hydrogens is 1060 g/mol. The number of pyridine rings is 1. The molecule has 4 aromatic heterocycles. The zero-order chi connectivity index (χ0) is 57.0. The maximum Gasteiger partial charge on any atom is 0.268 e. The molecule has 0 bridgehead atoms. The smallest absolute Gasteiger partial charge is 0.268 e. The van der Waals surface area contributed by atoms with Gasteiger partial charge in [-0.3, -0.25) is 4.57 Å². The summed E-state index contributed by atoms with van der Waals surface area (Å²) in [7, 11) is 0. The van der Waals surface area contributed by atoms with E-state index in [1.54, 1.807) is 51.7 Å². The average Bonchev–Trinajstić information content (AvgIpc) is 2.60. The number of ether oxygens (including phenoxy) is 1. The predicted molar refractivity (Wildman–Crippen MR) is 288 cm³/mol. The Balaban J connectivity index is 0.00000680. The minimum absolute atomic E-state index is 0. The molecule has 0 saturated carbocycles. The third-order valence-electron chi connectivity index (χ3n) is 13.3. The van der Waals surface area contributed by atoms with Gasteiger partial charge in [-0.05, 0) is 100 Å². The molecule has 0 saturated heterocycles. The molecular formula is C65H47N5OPt-2. The van der Waals surface area contributed by atoms with Crippen LogP contribution in [0.1, 0.15) is 53.2 Å². The second-order valence-corrected chi connectivity index (χ2v) is 17.2. The predicted octanol–water partition coefficient (Wildman–Crippen LogP) is 15.9. The van der Waals surface area contributed by atoms with E-state index in [9.17, 15) is 1.37 Å². The van der Waals surface area contributed by atoms with Crippen molar-refractivity contribution in [2.24, 2.45) is 0 Å². The molecule has 72 heavy (non-hydrogen) atoms. The van der Waals surface area contributed by atoms with Gasteiger partial charge >= 0.3 is 0 Å². The van der Waals surface area contributed by atoms with Gasteiger partial charge < -0.3 is 18.4 Å². The Labute approximate surface area is 448 Å². The van der Waals surface area contributed by atoms with Crippen molar-refractivity contribution in [3.8, 4) is 56.6 Å². The van der Waals surface area contributed by atoms with Gasteiger partial charge in [-0.15, -0.1) is 29.7 Å². The summed E-state index contributed by atoms with van der Waals surface area (Å²) in [4.78, 5) is 4.92. The van der Waals surface area contributed by atoms with Crippen molar-refractivity contribution in [2.45, 2.75) is 32.6 Å². The van der Waals surface area contributed by atoms with Crippen LogP contribution in [0.15, 0.2) is 218 Å². The zero-order valence-corrected chi connectivity index (χ0v) is 41.2. The number of fused-ring (bicyclic) bond motifs is 7. The number of nitrogens with zero attached hydrogens (tertiary/aromatic N) is 5. The van der Waals surface area contributed by atoms with Crippen LogP contribution >= 0.6 is 0 Å². The van der Waals surface area contributed by atoms with Gasteiger partial charge in [0.25, 0.3) is 6.33 Å². The molecule has 0 unspecified atom stereocenters. The van der Waals surface area contributed by atoms with E-state index in [-0.39, 0.29) is 49.0 Å². The quantitative estimate of drug-likeness (QED) is 0.0957. The van der Waals surface area contributed by atoms with E-state index in [2.05, 4.69) is 94.3 Å². The first-order valence-electron chi connectivity index (χ1n) is 29.0. The van der Waals surface area contributed by atoms with E-state index in [1.807, 2.05) is 62.4 Å². The Bertz CT molecular complexity index is 4620. The van der Waals surface area contributed by atoms with Gasteiger partial charge in [-0.2, -0.15) is 18.2 Å². The van der Waals surface area contributed by atoms with E-state index in [0.29, 0.717) is 52.4 Å². The van der Waals surface area contributed by atoms with Crippen LogP contribution in [0.3, 0.4) is 0 Å². The molecule has 0 aliphatic rings. The molecule has 0 spiro atoms. The summed E-state index contributed by atoms with van der Waals surface area (Å²) >= 11 is 0. The molecule has 13 rings (SSSR count). The second kappa shape index (κ2) is 18.8. The van der Waals surface area contributed by atoms with Crippen molar-refractivity contribution in [3.63, 3.8) is 0 Å². The molecule has 7 heteroatoms.